The molecule has 0 amide bonds. The van der Waals surface area contributed by atoms with Crippen LogP contribution < -0.4 is 9.64 Å². The molecule has 402 valence electrons. The molecule has 0 spiro atoms. The largest absolute Gasteiger partial charge is 0.457 e. The number of hydrogen-bond acceptors (Lipinski definition) is 2. The molecule has 0 saturated heterocycles. The molecule has 0 saturated carbocycles. The molecule has 0 fully saturated rings. The summed E-state index contributed by atoms with van der Waals surface area (Å²) in [4.78, 5) is 2.42. The Labute approximate surface area is 493 Å². The van der Waals surface area contributed by atoms with E-state index in [2.05, 4.69) is 304 Å². The van der Waals surface area contributed by atoms with Crippen molar-refractivity contribution in [3.8, 4) is 61.7 Å². The lowest BCUT2D eigenvalue weighted by Gasteiger charge is -2.35. The van der Waals surface area contributed by atoms with E-state index in [9.17, 15) is 0 Å². The number of rotatable bonds is 13. The summed E-state index contributed by atoms with van der Waals surface area (Å²) in [7, 11) is 0. The molecule has 84 heavy (non-hydrogen) atoms. The fourth-order valence-corrected chi connectivity index (χ4v) is 12.7. The van der Waals surface area contributed by atoms with E-state index in [1.165, 1.54) is 77.4 Å². The number of benzene rings is 12. The summed E-state index contributed by atoms with van der Waals surface area (Å²) in [6.45, 7) is 14.6. The van der Waals surface area contributed by atoms with E-state index in [0.29, 0.717) is 0 Å². The molecule has 3 heteroatoms. The molecule has 1 heterocycles. The predicted octanol–water partition coefficient (Wildman–Crippen LogP) is 22.0. The molecule has 0 bridgehead atoms. The number of nitrogens with zero attached hydrogens (tertiary/aromatic N) is 2. The molecule has 14 rings (SSSR count). The molecule has 0 aliphatic heterocycles. The maximum atomic E-state index is 6.44. The average molecular weight is 1080 g/mol. The highest BCUT2D eigenvalue weighted by Gasteiger charge is 2.46. The molecule has 0 radical (unpaired) electrons. The molecule has 13 aromatic rings. The fourth-order valence-electron chi connectivity index (χ4n) is 12.7. The van der Waals surface area contributed by atoms with Crippen LogP contribution in [0.1, 0.15) is 59.7 Å². The highest BCUT2D eigenvalue weighted by atomic mass is 16.5. The van der Waals surface area contributed by atoms with E-state index in [-0.39, 0.29) is 5.41 Å². The number of hydrogen-bond donors (Lipinski definition) is 0. The number of para-hydroxylation sites is 1. The van der Waals surface area contributed by atoms with Crippen LogP contribution in [-0.4, -0.2) is 4.57 Å². The van der Waals surface area contributed by atoms with E-state index < -0.39 is 5.41 Å². The summed E-state index contributed by atoms with van der Waals surface area (Å²) in [5, 5.41) is 2.44. The first kappa shape index (κ1) is 51.7. The lowest BCUT2D eigenvalue weighted by molar-refractivity contribution is 0.482. The van der Waals surface area contributed by atoms with Crippen LogP contribution >= 0.6 is 0 Å². The van der Waals surface area contributed by atoms with Gasteiger partial charge in [0.15, 0.2) is 0 Å². The zero-order valence-electron chi connectivity index (χ0n) is 47.5. The Morgan fingerprint density at radius 2 is 0.845 bits per heavy atom. The number of anilines is 3. The monoisotopic (exact) mass is 1080 g/mol. The first-order valence-corrected chi connectivity index (χ1v) is 28.9. The second-order valence-electron chi connectivity index (χ2n) is 23.0. The van der Waals surface area contributed by atoms with E-state index in [1.54, 1.807) is 0 Å². The molecule has 12 aromatic carbocycles. The maximum absolute atomic E-state index is 6.44. The van der Waals surface area contributed by atoms with Crippen LogP contribution in [0.3, 0.4) is 0 Å². The van der Waals surface area contributed by atoms with Gasteiger partial charge < -0.3 is 14.2 Å². The Morgan fingerprint density at radius 3 is 1.46 bits per heavy atom. The van der Waals surface area contributed by atoms with Crippen LogP contribution in [0.2, 0.25) is 0 Å². The van der Waals surface area contributed by atoms with E-state index in [0.717, 1.165) is 62.1 Å². The normalized spacial score (nSPS) is 13.6. The van der Waals surface area contributed by atoms with Gasteiger partial charge in [0.05, 0.1) is 16.4 Å². The minimum Gasteiger partial charge on any atom is -0.457 e. The fraction of sp³-hybridized carbons (Fsp3) is 0.0617. The van der Waals surface area contributed by atoms with Gasteiger partial charge in [-0.2, -0.15) is 0 Å². The molecule has 0 N–H and O–H groups in total. The number of fused-ring (bicyclic) bond motifs is 6. The Bertz CT molecular complexity index is 4570. The smallest absolute Gasteiger partial charge is 0.127 e. The summed E-state index contributed by atoms with van der Waals surface area (Å²) < 4.78 is 8.83. The summed E-state index contributed by atoms with van der Waals surface area (Å²) >= 11 is 0. The van der Waals surface area contributed by atoms with Crippen molar-refractivity contribution in [2.45, 2.75) is 31.6 Å². The molecule has 3 nitrogen and oxygen atoms in total. The summed E-state index contributed by atoms with van der Waals surface area (Å²) in [5.74, 6) is 1.55. The number of aromatic nitrogens is 1. The third-order valence-electron chi connectivity index (χ3n) is 17.1. The van der Waals surface area contributed by atoms with E-state index in [4.69, 9.17) is 4.74 Å². The average Bonchev–Trinajstić information content (AvgIpc) is 2.02. The van der Waals surface area contributed by atoms with Crippen molar-refractivity contribution in [2.24, 2.45) is 0 Å². The van der Waals surface area contributed by atoms with Gasteiger partial charge in [-0.3, -0.25) is 0 Å². The van der Waals surface area contributed by atoms with Crippen LogP contribution in [-0.2, 0) is 10.8 Å². The van der Waals surface area contributed by atoms with Crippen LogP contribution in [0.4, 0.5) is 17.1 Å². The van der Waals surface area contributed by atoms with Crippen molar-refractivity contribution >= 4 is 51.0 Å². The summed E-state index contributed by atoms with van der Waals surface area (Å²) in [6, 6.07) is 104. The minimum absolute atomic E-state index is 0.0750. The van der Waals surface area contributed by atoms with Gasteiger partial charge in [-0.25, -0.2) is 0 Å². The zero-order chi connectivity index (χ0) is 56.9. The zero-order valence-corrected chi connectivity index (χ0v) is 47.5. The molecule has 1 atom stereocenters. The van der Waals surface area contributed by atoms with Crippen molar-refractivity contribution < 1.29 is 4.74 Å². The Hall–Kier alpha value is -10.5. The highest BCUT2D eigenvalue weighted by Crippen LogP contribution is 2.57. The number of ether oxygens (including phenoxy) is 1. The van der Waals surface area contributed by atoms with Gasteiger partial charge >= 0.3 is 0 Å². The van der Waals surface area contributed by atoms with Crippen molar-refractivity contribution in [1.29, 1.82) is 0 Å². The lowest BCUT2D eigenvalue weighted by Crippen LogP contribution is -2.28. The lowest BCUT2D eigenvalue weighted by atomic mass is 9.67. The summed E-state index contributed by atoms with van der Waals surface area (Å²) in [6.07, 6.45) is 3.73. The van der Waals surface area contributed by atoms with Crippen LogP contribution in [0.5, 0.6) is 11.5 Å². The second-order valence-corrected chi connectivity index (χ2v) is 23.0. The SMILES string of the molecule is C=Cc1ccc(Oc2ccc(C3(c4ccccc4)c4ccccc4-c4ccc(N(c5ccc(-c6ccc(C(C)(C)C)cc6)cc5)c5ccc(-c6ccc7c(c6)c6ccccc6n7-c6ccc(-c7ccc(C=C)cc7)cc6)cc5)cc43)cc2)cc1. The van der Waals surface area contributed by atoms with Crippen LogP contribution in [0.25, 0.3) is 84.2 Å². The quantitative estimate of drug-likeness (QED) is 0.114. The second kappa shape index (κ2) is 21.1. The van der Waals surface area contributed by atoms with Gasteiger partial charge in [0, 0.05) is 33.5 Å². The maximum Gasteiger partial charge on any atom is 0.127 e. The van der Waals surface area contributed by atoms with E-state index >= 15 is 0 Å². The first-order valence-electron chi connectivity index (χ1n) is 28.9. The Balaban J connectivity index is 0.870. The van der Waals surface area contributed by atoms with Gasteiger partial charge in [0.1, 0.15) is 11.5 Å². The van der Waals surface area contributed by atoms with Crippen molar-refractivity contribution in [3.05, 3.63) is 337 Å². The van der Waals surface area contributed by atoms with Crippen molar-refractivity contribution in [3.63, 3.8) is 0 Å². The molecule has 1 aliphatic rings. The van der Waals surface area contributed by atoms with Crippen LogP contribution in [0.15, 0.2) is 298 Å². The van der Waals surface area contributed by atoms with Gasteiger partial charge in [0.2, 0.25) is 0 Å². The van der Waals surface area contributed by atoms with E-state index in [1.807, 2.05) is 36.4 Å². The first-order chi connectivity index (χ1) is 41.1. The third kappa shape index (κ3) is 9.12. The molecule has 1 unspecified atom stereocenters. The topological polar surface area (TPSA) is 17.4 Å². The predicted molar refractivity (Wildman–Crippen MR) is 354 cm³/mol. The Kier molecular flexibility index (Phi) is 13.0. The third-order valence-corrected chi connectivity index (χ3v) is 17.1. The standard InChI is InChI=1S/C81H62N2O/c1-6-55-21-25-57(26-22-55)59-31-44-68(45-32-59)83-78-20-14-12-18-74(78)75-53-62(35-52-79(75)83)61-33-42-67(43-34-61)82(66-40-29-60(30-41-66)58-27-36-63(37-28-58)80(3,4)5)69-46-51-73-72-17-11-13-19-76(72)81(77(73)54-69,64-15-9-8-10-16-64)65-38-49-71(50-39-65)84-70-47-23-56(7-2)24-48-70/h6-54H,1-2H2,3-5H3. The van der Waals surface area contributed by atoms with Gasteiger partial charge in [-0.05, 0) is 180 Å². The van der Waals surface area contributed by atoms with Crippen molar-refractivity contribution in [2.75, 3.05) is 4.90 Å². The van der Waals surface area contributed by atoms with Crippen LogP contribution in [0, 0.1) is 0 Å². The van der Waals surface area contributed by atoms with Gasteiger partial charge in [0.25, 0.3) is 0 Å². The minimum atomic E-state index is -0.643. The van der Waals surface area contributed by atoms with Crippen molar-refractivity contribution in [1.82, 2.24) is 4.57 Å². The molecule has 1 aromatic heterocycles. The van der Waals surface area contributed by atoms with Gasteiger partial charge in [-0.15, -0.1) is 0 Å². The Morgan fingerprint density at radius 1 is 0.381 bits per heavy atom. The molecular weight excluding hydrogens is 1020 g/mol. The molecular formula is C81H62N2O. The van der Waals surface area contributed by atoms with Gasteiger partial charge in [-0.1, -0.05) is 240 Å². The highest BCUT2D eigenvalue weighted by molar-refractivity contribution is 6.10. The molecule has 1 aliphatic carbocycles. The summed E-state index contributed by atoms with van der Waals surface area (Å²) in [5.41, 5.74) is 23.9.